The van der Waals surface area contributed by atoms with E-state index in [1.165, 1.54) is 11.3 Å². The van der Waals surface area contributed by atoms with Gasteiger partial charge in [0.25, 0.3) is 5.89 Å². The fourth-order valence-corrected chi connectivity index (χ4v) is 4.06. The van der Waals surface area contributed by atoms with Crippen LogP contribution in [0.1, 0.15) is 36.9 Å². The van der Waals surface area contributed by atoms with Crippen molar-refractivity contribution in [1.29, 1.82) is 0 Å². The topological polar surface area (TPSA) is 47.1 Å². The molecule has 0 N–H and O–H groups in total. The van der Waals surface area contributed by atoms with Gasteiger partial charge in [0.15, 0.2) is 0 Å². The number of nitrogens with zero attached hydrogens (tertiary/aromatic N) is 4. The fourth-order valence-electron chi connectivity index (χ4n) is 4.06. The van der Waals surface area contributed by atoms with Crippen LogP contribution in [0.4, 0.5) is 0 Å². The number of aryl methyl sites for hydroxylation is 1. The third-order valence-electron chi connectivity index (χ3n) is 5.63. The number of likely N-dealkylation sites (tertiary alicyclic amines) is 1. The molecule has 3 aromatic rings. The van der Waals surface area contributed by atoms with Gasteiger partial charge in [0, 0.05) is 31.7 Å². The Labute approximate surface area is 154 Å². The molecule has 0 radical (unpaired) electrons. The lowest BCUT2D eigenvalue weighted by Crippen LogP contribution is -2.23. The number of rotatable bonds is 4. The highest BCUT2D eigenvalue weighted by atomic mass is 16.4. The van der Waals surface area contributed by atoms with Gasteiger partial charge in [-0.1, -0.05) is 44.2 Å². The Bertz CT molecular complexity index is 894. The number of benzene rings is 1. The van der Waals surface area contributed by atoms with E-state index in [4.69, 9.17) is 4.42 Å². The molecule has 4 rings (SSSR count). The molecule has 26 heavy (non-hydrogen) atoms. The van der Waals surface area contributed by atoms with Crippen LogP contribution in [0.3, 0.4) is 0 Å². The van der Waals surface area contributed by atoms with Gasteiger partial charge in [-0.25, -0.2) is 0 Å². The Morgan fingerprint density at radius 3 is 2.58 bits per heavy atom. The predicted octanol–water partition coefficient (Wildman–Crippen LogP) is 4.01. The lowest BCUT2D eigenvalue weighted by Gasteiger charge is -2.26. The van der Waals surface area contributed by atoms with Crippen LogP contribution in [0.25, 0.3) is 11.6 Å². The molecular formula is C21H26N4O. The summed E-state index contributed by atoms with van der Waals surface area (Å²) in [5, 5.41) is 8.53. The molecule has 1 aromatic carbocycles. The summed E-state index contributed by atoms with van der Waals surface area (Å²) in [5.41, 5.74) is 3.77. The van der Waals surface area contributed by atoms with Gasteiger partial charge in [0.2, 0.25) is 5.89 Å². The Morgan fingerprint density at radius 1 is 1.12 bits per heavy atom. The Hall–Kier alpha value is -2.40. The maximum atomic E-state index is 5.95. The third-order valence-corrected chi connectivity index (χ3v) is 5.63. The van der Waals surface area contributed by atoms with E-state index >= 15 is 0 Å². The number of hydrogen-bond acceptors (Lipinski definition) is 4. The smallest absolute Gasteiger partial charge is 0.264 e. The zero-order valence-corrected chi connectivity index (χ0v) is 15.9. The summed E-state index contributed by atoms with van der Waals surface area (Å²) in [6.07, 6.45) is 0. The van der Waals surface area contributed by atoms with Crippen molar-refractivity contribution in [2.24, 2.45) is 12.5 Å². The summed E-state index contributed by atoms with van der Waals surface area (Å²) in [6.45, 7) is 9.48. The molecule has 1 aliphatic heterocycles. The van der Waals surface area contributed by atoms with E-state index in [0.717, 1.165) is 18.8 Å². The highest BCUT2D eigenvalue weighted by Crippen LogP contribution is 2.42. The minimum atomic E-state index is 0.222. The molecule has 0 bridgehead atoms. The Morgan fingerprint density at radius 2 is 1.88 bits per heavy atom. The molecule has 1 atom stereocenters. The van der Waals surface area contributed by atoms with Gasteiger partial charge < -0.3 is 8.98 Å². The zero-order valence-electron chi connectivity index (χ0n) is 15.9. The van der Waals surface area contributed by atoms with Crippen molar-refractivity contribution >= 4 is 0 Å². The van der Waals surface area contributed by atoms with Crippen molar-refractivity contribution < 1.29 is 4.42 Å². The summed E-state index contributed by atoms with van der Waals surface area (Å²) in [4.78, 5) is 2.42. The lowest BCUT2D eigenvalue weighted by atomic mass is 9.78. The predicted molar refractivity (Wildman–Crippen MR) is 102 cm³/mol. The molecule has 1 fully saturated rings. The summed E-state index contributed by atoms with van der Waals surface area (Å²) in [7, 11) is 2.02. The largest absolute Gasteiger partial charge is 0.418 e. The molecule has 0 amide bonds. The summed E-state index contributed by atoms with van der Waals surface area (Å²) < 4.78 is 8.02. The van der Waals surface area contributed by atoms with Crippen LogP contribution in [0.15, 0.2) is 46.9 Å². The molecule has 1 aliphatic rings. The van der Waals surface area contributed by atoms with Gasteiger partial charge >= 0.3 is 0 Å². The second-order valence-corrected chi connectivity index (χ2v) is 8.04. The average Bonchev–Trinajstić information content (AvgIpc) is 3.28. The van der Waals surface area contributed by atoms with E-state index in [1.807, 2.05) is 13.1 Å². The first-order valence-corrected chi connectivity index (χ1v) is 9.16. The molecule has 0 aliphatic carbocycles. The minimum absolute atomic E-state index is 0.222. The van der Waals surface area contributed by atoms with Crippen LogP contribution in [-0.2, 0) is 13.6 Å². The van der Waals surface area contributed by atoms with Crippen LogP contribution >= 0.6 is 0 Å². The van der Waals surface area contributed by atoms with E-state index in [1.54, 1.807) is 0 Å². The molecule has 1 saturated heterocycles. The maximum Gasteiger partial charge on any atom is 0.264 e. The van der Waals surface area contributed by atoms with E-state index < -0.39 is 0 Å². The summed E-state index contributed by atoms with van der Waals surface area (Å²) in [5.74, 6) is 1.79. The quantitative estimate of drug-likeness (QED) is 0.713. The van der Waals surface area contributed by atoms with E-state index in [-0.39, 0.29) is 5.41 Å². The monoisotopic (exact) mass is 350 g/mol. The van der Waals surface area contributed by atoms with Crippen molar-refractivity contribution in [2.75, 3.05) is 13.1 Å². The molecular weight excluding hydrogens is 324 g/mol. The molecule has 2 aromatic heterocycles. The number of hydrogen-bond donors (Lipinski definition) is 0. The molecule has 5 heteroatoms. The third kappa shape index (κ3) is 3.07. The molecule has 0 saturated carbocycles. The van der Waals surface area contributed by atoms with Gasteiger partial charge in [-0.3, -0.25) is 4.90 Å². The van der Waals surface area contributed by atoms with E-state index in [0.29, 0.717) is 24.2 Å². The van der Waals surface area contributed by atoms with Crippen molar-refractivity contribution in [3.8, 4) is 11.6 Å². The Kier molecular flexibility index (Phi) is 4.19. The van der Waals surface area contributed by atoms with Gasteiger partial charge in [-0.05, 0) is 30.0 Å². The van der Waals surface area contributed by atoms with Gasteiger partial charge in [-0.15, -0.1) is 10.2 Å². The molecule has 136 valence electrons. The minimum Gasteiger partial charge on any atom is -0.418 e. The lowest BCUT2D eigenvalue weighted by molar-refractivity contribution is 0.258. The molecule has 1 unspecified atom stereocenters. The maximum absolute atomic E-state index is 5.95. The summed E-state index contributed by atoms with van der Waals surface area (Å²) in [6, 6.07) is 14.9. The van der Waals surface area contributed by atoms with Gasteiger partial charge in [-0.2, -0.15) is 0 Å². The molecule has 3 heterocycles. The van der Waals surface area contributed by atoms with E-state index in [2.05, 4.69) is 76.8 Å². The second kappa shape index (κ2) is 6.40. The van der Waals surface area contributed by atoms with Crippen molar-refractivity contribution in [2.45, 2.75) is 33.2 Å². The first-order chi connectivity index (χ1) is 12.4. The Balaban J connectivity index is 1.50. The summed E-state index contributed by atoms with van der Waals surface area (Å²) >= 11 is 0. The van der Waals surface area contributed by atoms with Crippen LogP contribution < -0.4 is 0 Å². The van der Waals surface area contributed by atoms with Crippen LogP contribution in [0.5, 0.6) is 0 Å². The van der Waals surface area contributed by atoms with Crippen LogP contribution in [0, 0.1) is 12.3 Å². The van der Waals surface area contributed by atoms with Crippen molar-refractivity contribution in [3.05, 3.63) is 59.6 Å². The van der Waals surface area contributed by atoms with Crippen molar-refractivity contribution in [1.82, 2.24) is 19.7 Å². The van der Waals surface area contributed by atoms with Crippen LogP contribution in [-0.4, -0.2) is 32.8 Å². The SMILES string of the molecule is Cc1ccc(-c2nnc(CN3CC(c4ccccc4)C(C)(C)C3)o2)n1C. The van der Waals surface area contributed by atoms with E-state index in [9.17, 15) is 0 Å². The molecule has 5 nitrogen and oxygen atoms in total. The molecule has 0 spiro atoms. The first-order valence-electron chi connectivity index (χ1n) is 9.16. The second-order valence-electron chi connectivity index (χ2n) is 8.04. The average molecular weight is 350 g/mol. The van der Waals surface area contributed by atoms with Crippen molar-refractivity contribution in [3.63, 3.8) is 0 Å². The van der Waals surface area contributed by atoms with Gasteiger partial charge in [0.1, 0.15) is 5.69 Å². The highest BCUT2D eigenvalue weighted by Gasteiger charge is 2.40. The zero-order chi connectivity index (χ0) is 18.3. The standard InChI is InChI=1S/C21H26N4O/c1-15-10-11-18(24(15)4)20-23-22-19(26-20)13-25-12-17(21(2,3)14-25)16-8-6-5-7-9-16/h5-11,17H,12-14H2,1-4H3. The fraction of sp³-hybridized carbons (Fsp3) is 0.429. The normalized spacial score (nSPS) is 19.9. The number of aromatic nitrogens is 3. The van der Waals surface area contributed by atoms with Gasteiger partial charge in [0.05, 0.1) is 6.54 Å². The highest BCUT2D eigenvalue weighted by molar-refractivity contribution is 5.48. The van der Waals surface area contributed by atoms with Crippen LogP contribution in [0.2, 0.25) is 0 Å². The first kappa shape index (κ1) is 17.0.